The lowest BCUT2D eigenvalue weighted by Gasteiger charge is -2.29. The summed E-state index contributed by atoms with van der Waals surface area (Å²) in [5, 5.41) is 5.16. The van der Waals surface area contributed by atoms with Crippen LogP contribution in [0, 0.1) is 5.92 Å². The van der Waals surface area contributed by atoms with Crippen LogP contribution in [0.2, 0.25) is 0 Å². The molecule has 178 valence electrons. The number of ketones is 1. The number of carbonyl (C=O) groups excluding carboxylic acids is 2. The molecule has 33 heavy (non-hydrogen) atoms. The first-order chi connectivity index (χ1) is 15.4. The fourth-order valence-corrected chi connectivity index (χ4v) is 3.52. The Hall–Kier alpha value is -2.78. The van der Waals surface area contributed by atoms with Gasteiger partial charge in [-0.3, -0.25) is 19.9 Å². The van der Waals surface area contributed by atoms with Crippen LogP contribution >= 0.6 is 0 Å². The third-order valence-corrected chi connectivity index (χ3v) is 5.59. The average molecular weight is 463 g/mol. The molecule has 1 saturated carbocycles. The van der Waals surface area contributed by atoms with E-state index in [2.05, 4.69) is 15.6 Å². The third kappa shape index (κ3) is 6.61. The number of Topliss-reactive ketones (excluding diaryl/α,β-unsaturated/α-hetero) is 1. The molecule has 2 atom stereocenters. The molecule has 2 aromatic rings. The second kappa shape index (κ2) is 9.61. The number of amides is 1. The highest BCUT2D eigenvalue weighted by Crippen LogP contribution is 2.34. The fourth-order valence-electron chi connectivity index (χ4n) is 3.52. The number of halogens is 3. The summed E-state index contributed by atoms with van der Waals surface area (Å²) in [5.74, 6) is -0.618. The molecular formula is C24H29F3N4O2. The van der Waals surface area contributed by atoms with Gasteiger partial charge in [0.2, 0.25) is 5.91 Å². The third-order valence-electron chi connectivity index (χ3n) is 5.59. The highest BCUT2D eigenvalue weighted by atomic mass is 19.4. The van der Waals surface area contributed by atoms with Gasteiger partial charge in [-0.1, -0.05) is 44.2 Å². The summed E-state index contributed by atoms with van der Waals surface area (Å²) in [7, 11) is 0. The van der Waals surface area contributed by atoms with E-state index in [0.29, 0.717) is 29.7 Å². The molecule has 1 aliphatic rings. The van der Waals surface area contributed by atoms with Crippen molar-refractivity contribution in [3.05, 3.63) is 53.7 Å². The van der Waals surface area contributed by atoms with E-state index < -0.39 is 29.8 Å². The Balaban J connectivity index is 1.82. The zero-order valence-electron chi connectivity index (χ0n) is 18.9. The molecule has 0 unspecified atom stereocenters. The van der Waals surface area contributed by atoms with Crippen LogP contribution in [0.5, 0.6) is 0 Å². The minimum absolute atomic E-state index is 0.00598. The average Bonchev–Trinajstić information content (AvgIpc) is 3.46. The summed E-state index contributed by atoms with van der Waals surface area (Å²) in [6.45, 7) is 5.14. The van der Waals surface area contributed by atoms with Crippen molar-refractivity contribution in [2.24, 2.45) is 11.7 Å². The number of nitrogens with two attached hydrogens (primary N) is 1. The van der Waals surface area contributed by atoms with E-state index in [0.717, 1.165) is 6.20 Å². The quantitative estimate of drug-likeness (QED) is 0.385. The van der Waals surface area contributed by atoms with Crippen LogP contribution in [0.25, 0.3) is 11.3 Å². The minimum Gasteiger partial charge on any atom is -0.337 e. The van der Waals surface area contributed by atoms with Gasteiger partial charge in [0.25, 0.3) is 0 Å². The van der Waals surface area contributed by atoms with Gasteiger partial charge in [0.1, 0.15) is 6.04 Å². The Kier molecular flexibility index (Phi) is 7.23. The number of hydrogen-bond donors (Lipinski definition) is 3. The minimum atomic E-state index is -4.64. The highest BCUT2D eigenvalue weighted by Gasteiger charge is 2.45. The number of pyridine rings is 1. The molecule has 1 aliphatic carbocycles. The molecular weight excluding hydrogens is 433 g/mol. The molecule has 1 aromatic carbocycles. The van der Waals surface area contributed by atoms with E-state index in [1.165, 1.54) is 19.1 Å². The van der Waals surface area contributed by atoms with Gasteiger partial charge >= 0.3 is 6.18 Å². The second-order valence-electron chi connectivity index (χ2n) is 9.08. The van der Waals surface area contributed by atoms with Crippen LogP contribution in [0.15, 0.2) is 42.6 Å². The van der Waals surface area contributed by atoms with Crippen molar-refractivity contribution < 1.29 is 22.8 Å². The molecule has 0 bridgehead atoms. The first-order valence-corrected chi connectivity index (χ1v) is 10.9. The lowest BCUT2D eigenvalue weighted by Crippen LogP contribution is -2.54. The van der Waals surface area contributed by atoms with Gasteiger partial charge in [0.05, 0.1) is 17.4 Å². The lowest BCUT2D eigenvalue weighted by molar-refractivity contribution is -0.161. The maximum absolute atomic E-state index is 14.0. The Morgan fingerprint density at radius 1 is 1.12 bits per heavy atom. The highest BCUT2D eigenvalue weighted by molar-refractivity contribution is 5.94. The van der Waals surface area contributed by atoms with Crippen LogP contribution in [0.1, 0.15) is 62.0 Å². The van der Waals surface area contributed by atoms with Crippen molar-refractivity contribution in [3.8, 4) is 11.3 Å². The number of hydrogen-bond acceptors (Lipinski definition) is 5. The Morgan fingerprint density at radius 3 is 2.21 bits per heavy atom. The van der Waals surface area contributed by atoms with Crippen LogP contribution in [0.3, 0.4) is 0 Å². The predicted octanol–water partition coefficient (Wildman–Crippen LogP) is 4.12. The van der Waals surface area contributed by atoms with Gasteiger partial charge in [0.15, 0.2) is 5.78 Å². The van der Waals surface area contributed by atoms with Crippen LogP contribution in [-0.2, 0) is 4.79 Å². The Morgan fingerprint density at radius 2 is 1.76 bits per heavy atom. The van der Waals surface area contributed by atoms with Crippen molar-refractivity contribution in [1.29, 1.82) is 0 Å². The van der Waals surface area contributed by atoms with E-state index in [9.17, 15) is 22.8 Å². The van der Waals surface area contributed by atoms with Gasteiger partial charge < -0.3 is 11.1 Å². The van der Waals surface area contributed by atoms with Crippen LogP contribution < -0.4 is 16.4 Å². The maximum atomic E-state index is 14.0. The molecule has 1 aromatic heterocycles. The molecule has 0 radical (unpaired) electrons. The van der Waals surface area contributed by atoms with E-state index in [-0.39, 0.29) is 23.7 Å². The summed E-state index contributed by atoms with van der Waals surface area (Å²) < 4.78 is 41.9. The number of nitrogens with one attached hydrogen (secondary N) is 2. The SMILES string of the molecule is CC(=O)c1ccc(-c2ccc([C@H](N[C@@H](CC(C)C)C(=O)NC3(N)CC3)C(F)(F)F)cn2)cc1. The summed E-state index contributed by atoms with van der Waals surface area (Å²) in [4.78, 5) is 28.3. The number of benzene rings is 1. The Bertz CT molecular complexity index is 984. The molecule has 0 saturated heterocycles. The summed E-state index contributed by atoms with van der Waals surface area (Å²) >= 11 is 0. The largest absolute Gasteiger partial charge is 0.407 e. The number of aromatic nitrogens is 1. The van der Waals surface area contributed by atoms with E-state index in [1.54, 1.807) is 24.3 Å². The van der Waals surface area contributed by atoms with Crippen molar-refractivity contribution in [3.63, 3.8) is 0 Å². The summed E-state index contributed by atoms with van der Waals surface area (Å²) in [5.41, 5.74) is 6.71. The number of carbonyl (C=O) groups is 2. The standard InChI is InChI=1S/C24H29F3N4O2/c1-14(2)12-20(22(33)31-23(28)10-11-23)30-21(24(25,26)27)18-8-9-19(29-13-18)17-6-4-16(5-7-17)15(3)32/h4-9,13-14,20-21,30H,10-12,28H2,1-3H3,(H,31,33)/t20-,21-/m0/s1. The predicted molar refractivity (Wildman–Crippen MR) is 119 cm³/mol. The molecule has 9 heteroatoms. The summed E-state index contributed by atoms with van der Waals surface area (Å²) in [6.07, 6.45) is -2.04. The van der Waals surface area contributed by atoms with Crippen molar-refractivity contribution in [2.45, 2.75) is 64.0 Å². The molecule has 3 rings (SSSR count). The first-order valence-electron chi connectivity index (χ1n) is 10.9. The summed E-state index contributed by atoms with van der Waals surface area (Å²) in [6, 6.07) is 6.40. The van der Waals surface area contributed by atoms with Gasteiger partial charge in [-0.25, -0.2) is 0 Å². The molecule has 6 nitrogen and oxygen atoms in total. The van der Waals surface area contributed by atoms with Crippen LogP contribution in [-0.4, -0.2) is 34.6 Å². The van der Waals surface area contributed by atoms with Crippen molar-refractivity contribution in [2.75, 3.05) is 0 Å². The second-order valence-corrected chi connectivity index (χ2v) is 9.08. The monoisotopic (exact) mass is 462 g/mol. The number of rotatable bonds is 9. The molecule has 1 fully saturated rings. The maximum Gasteiger partial charge on any atom is 0.407 e. The van der Waals surface area contributed by atoms with Crippen molar-refractivity contribution in [1.82, 2.24) is 15.6 Å². The van der Waals surface area contributed by atoms with Gasteiger partial charge in [-0.15, -0.1) is 0 Å². The fraction of sp³-hybridized carbons (Fsp3) is 0.458. The molecule has 0 aliphatic heterocycles. The van der Waals surface area contributed by atoms with Crippen LogP contribution in [0.4, 0.5) is 13.2 Å². The van der Waals surface area contributed by atoms with Gasteiger partial charge in [0, 0.05) is 17.3 Å². The molecule has 1 heterocycles. The lowest BCUT2D eigenvalue weighted by atomic mass is 9.99. The smallest absolute Gasteiger partial charge is 0.337 e. The molecule has 1 amide bonds. The van der Waals surface area contributed by atoms with Gasteiger partial charge in [-0.2, -0.15) is 13.2 Å². The van der Waals surface area contributed by atoms with E-state index in [1.807, 2.05) is 13.8 Å². The van der Waals surface area contributed by atoms with E-state index in [4.69, 9.17) is 5.73 Å². The van der Waals surface area contributed by atoms with Gasteiger partial charge in [-0.05, 0) is 43.7 Å². The number of alkyl halides is 3. The first kappa shape index (κ1) is 24.9. The van der Waals surface area contributed by atoms with E-state index >= 15 is 0 Å². The zero-order valence-corrected chi connectivity index (χ0v) is 18.9. The normalized spacial score (nSPS) is 16.8. The van der Waals surface area contributed by atoms with Crippen molar-refractivity contribution >= 4 is 11.7 Å². The number of nitrogens with zero attached hydrogens (tertiary/aromatic N) is 1. The molecule has 4 N–H and O–H groups in total. The topological polar surface area (TPSA) is 97.1 Å². The zero-order chi connectivity index (χ0) is 24.4. The Labute approximate surface area is 191 Å². The molecule has 0 spiro atoms.